The first-order valence-corrected chi connectivity index (χ1v) is 10.0. The van der Waals surface area contributed by atoms with E-state index in [-0.39, 0.29) is 0 Å². The van der Waals surface area contributed by atoms with Gasteiger partial charge < -0.3 is 4.43 Å². The lowest BCUT2D eigenvalue weighted by Crippen LogP contribution is -2.63. The van der Waals surface area contributed by atoms with Gasteiger partial charge in [-0.15, -0.1) is 0 Å². The molecule has 0 fully saturated rings. The predicted molar refractivity (Wildman–Crippen MR) is 77.7 cm³/mol. The molecule has 0 amide bonds. The van der Waals surface area contributed by atoms with Gasteiger partial charge in [-0.2, -0.15) is 0 Å². The molecule has 2 radical (unpaired) electrons. The van der Waals surface area contributed by atoms with Gasteiger partial charge in [0.2, 0.25) is 9.28 Å². The molecule has 0 atom stereocenters. The van der Waals surface area contributed by atoms with Crippen molar-refractivity contribution in [3.63, 3.8) is 0 Å². The minimum atomic E-state index is -1.59. The Morgan fingerprint density at radius 3 is 1.00 bits per heavy atom. The molecule has 0 aromatic carbocycles. The fourth-order valence-corrected chi connectivity index (χ4v) is 15.6. The molecule has 0 spiro atoms. The second-order valence-electron chi connectivity index (χ2n) is 7.81. The predicted octanol–water partition coefficient (Wildman–Crippen LogP) is 4.60. The molecule has 0 aliphatic carbocycles. The second kappa shape index (κ2) is 4.58. The molecule has 1 nitrogen and oxygen atoms in total. The third kappa shape index (κ3) is 2.62. The summed E-state index contributed by atoms with van der Waals surface area (Å²) in [7, 11) is 0.939. The summed E-state index contributed by atoms with van der Waals surface area (Å²) in [4.78, 5) is 0. The Balaban J connectivity index is 5.82. The molecule has 0 unspecified atom stereocenters. The Morgan fingerprint density at radius 1 is 0.688 bits per heavy atom. The topological polar surface area (TPSA) is 9.23 Å². The third-order valence-electron chi connectivity index (χ3n) is 3.63. The van der Waals surface area contributed by atoms with Crippen LogP contribution in [-0.4, -0.2) is 24.0 Å². The van der Waals surface area contributed by atoms with Gasteiger partial charge in [-0.3, -0.25) is 0 Å². The largest absolute Gasteiger partial charge is 0.424 e. The van der Waals surface area contributed by atoms with Crippen molar-refractivity contribution < 1.29 is 4.43 Å². The Labute approximate surface area is 106 Å². The van der Waals surface area contributed by atoms with E-state index in [2.05, 4.69) is 62.3 Å². The van der Waals surface area contributed by atoms with Crippen molar-refractivity contribution in [2.24, 2.45) is 0 Å². The SMILES string of the molecule is CO[Si][Si](C(C)(C)C)(C(C)(C)C)C(C)(C)C. The first-order valence-electron chi connectivity index (χ1n) is 6.11. The molecule has 0 aromatic rings. The third-order valence-corrected chi connectivity index (χ3v) is 19.2. The van der Waals surface area contributed by atoms with Crippen molar-refractivity contribution in [3.05, 3.63) is 0 Å². The number of rotatable bonds is 2. The molecule has 0 heterocycles. The molecule has 96 valence electrons. The summed E-state index contributed by atoms with van der Waals surface area (Å²) in [5.74, 6) is 0. The lowest BCUT2D eigenvalue weighted by molar-refractivity contribution is 0.440. The highest BCUT2D eigenvalue weighted by atomic mass is 29.2. The highest BCUT2D eigenvalue weighted by Gasteiger charge is 2.60. The van der Waals surface area contributed by atoms with Gasteiger partial charge in [0.25, 0.3) is 0 Å². The van der Waals surface area contributed by atoms with Crippen LogP contribution < -0.4 is 0 Å². The van der Waals surface area contributed by atoms with Gasteiger partial charge >= 0.3 is 0 Å². The number of hydrogen-bond donors (Lipinski definition) is 0. The van der Waals surface area contributed by atoms with E-state index in [0.29, 0.717) is 24.4 Å². The Bertz CT molecular complexity index is 192. The molecule has 0 bridgehead atoms. The fraction of sp³-hybridized carbons (Fsp3) is 1.00. The van der Waals surface area contributed by atoms with Gasteiger partial charge in [0.15, 0.2) is 0 Å². The standard InChI is InChI=1S/C13H30OSi2/c1-11(2,3)16(15-14-10,12(4,5)6)13(7,8)9/h1-10H3. The van der Waals surface area contributed by atoms with Crippen LogP contribution in [0.2, 0.25) is 15.1 Å². The van der Waals surface area contributed by atoms with Gasteiger partial charge in [0.1, 0.15) is 0 Å². The molecule has 0 aliphatic rings. The van der Waals surface area contributed by atoms with E-state index < -0.39 is 7.59 Å². The van der Waals surface area contributed by atoms with Crippen LogP contribution in [0.25, 0.3) is 0 Å². The lowest BCUT2D eigenvalue weighted by atomic mass is 10.2. The maximum Gasteiger partial charge on any atom is 0.213 e. The van der Waals surface area contributed by atoms with Crippen LogP contribution in [-0.2, 0) is 4.43 Å². The van der Waals surface area contributed by atoms with E-state index in [9.17, 15) is 0 Å². The van der Waals surface area contributed by atoms with Crippen molar-refractivity contribution in [1.82, 2.24) is 0 Å². The second-order valence-corrected chi connectivity index (χ2v) is 17.3. The van der Waals surface area contributed by atoms with Gasteiger partial charge in [0.05, 0.1) is 7.59 Å². The summed E-state index contributed by atoms with van der Waals surface area (Å²) >= 11 is 0. The Morgan fingerprint density at radius 2 is 0.938 bits per heavy atom. The van der Waals surface area contributed by atoms with Crippen LogP contribution in [0.15, 0.2) is 0 Å². The fourth-order valence-electron chi connectivity index (χ4n) is 3.99. The zero-order chi connectivity index (χ0) is 13.4. The van der Waals surface area contributed by atoms with Gasteiger partial charge in [-0.25, -0.2) is 0 Å². The lowest BCUT2D eigenvalue weighted by Gasteiger charge is -2.58. The van der Waals surface area contributed by atoms with Crippen LogP contribution >= 0.6 is 0 Å². The van der Waals surface area contributed by atoms with E-state index in [1.807, 2.05) is 7.11 Å². The van der Waals surface area contributed by atoms with Gasteiger partial charge in [-0.1, -0.05) is 62.3 Å². The molecule has 0 N–H and O–H groups in total. The monoisotopic (exact) mass is 258 g/mol. The maximum atomic E-state index is 5.68. The van der Waals surface area contributed by atoms with E-state index in [1.165, 1.54) is 0 Å². The summed E-state index contributed by atoms with van der Waals surface area (Å²) in [6, 6.07) is 0. The van der Waals surface area contributed by atoms with Gasteiger partial charge in [0, 0.05) is 7.11 Å². The van der Waals surface area contributed by atoms with E-state index >= 15 is 0 Å². The highest BCUT2D eigenvalue weighted by Crippen LogP contribution is 2.61. The van der Waals surface area contributed by atoms with E-state index in [4.69, 9.17) is 4.43 Å². The van der Waals surface area contributed by atoms with Crippen LogP contribution in [0, 0.1) is 0 Å². The zero-order valence-corrected chi connectivity index (χ0v) is 14.9. The average molecular weight is 259 g/mol. The summed E-state index contributed by atoms with van der Waals surface area (Å²) < 4.78 is 5.68. The Hall–Kier alpha value is 0.394. The zero-order valence-electron chi connectivity index (χ0n) is 12.9. The van der Waals surface area contributed by atoms with Crippen molar-refractivity contribution >= 4 is 16.9 Å². The molecule has 0 aromatic heterocycles. The van der Waals surface area contributed by atoms with Crippen molar-refractivity contribution in [2.75, 3.05) is 7.11 Å². The smallest absolute Gasteiger partial charge is 0.213 e. The highest BCUT2D eigenvalue weighted by molar-refractivity contribution is 7.26. The minimum absolute atomic E-state index is 0.359. The van der Waals surface area contributed by atoms with Crippen molar-refractivity contribution in [3.8, 4) is 0 Å². The van der Waals surface area contributed by atoms with Crippen LogP contribution in [0.1, 0.15) is 62.3 Å². The molecule has 0 saturated heterocycles. The number of hydrogen-bond acceptors (Lipinski definition) is 1. The average Bonchev–Trinajstić information content (AvgIpc) is 1.91. The van der Waals surface area contributed by atoms with E-state index in [1.54, 1.807) is 0 Å². The Kier molecular flexibility index (Phi) is 4.69. The molecule has 16 heavy (non-hydrogen) atoms. The summed E-state index contributed by atoms with van der Waals surface area (Å²) in [5, 5.41) is 1.08. The molecular weight excluding hydrogens is 228 g/mol. The van der Waals surface area contributed by atoms with Crippen LogP contribution in [0.5, 0.6) is 0 Å². The first-order chi connectivity index (χ1) is 6.81. The van der Waals surface area contributed by atoms with Crippen LogP contribution in [0.3, 0.4) is 0 Å². The summed E-state index contributed by atoms with van der Waals surface area (Å²) in [6.07, 6.45) is 0. The van der Waals surface area contributed by atoms with Crippen LogP contribution in [0.4, 0.5) is 0 Å². The molecule has 0 saturated carbocycles. The normalized spacial score (nSPS) is 15.4. The minimum Gasteiger partial charge on any atom is -0.424 e. The molecule has 0 aliphatic heterocycles. The summed E-state index contributed by atoms with van der Waals surface area (Å²) in [5.41, 5.74) is 0. The maximum absolute atomic E-state index is 5.68. The molecule has 3 heteroatoms. The van der Waals surface area contributed by atoms with E-state index in [0.717, 1.165) is 0 Å². The summed E-state index contributed by atoms with van der Waals surface area (Å²) in [6.45, 7) is 21.6. The van der Waals surface area contributed by atoms with Crippen molar-refractivity contribution in [2.45, 2.75) is 77.4 Å². The van der Waals surface area contributed by atoms with Gasteiger partial charge in [-0.05, 0) is 15.1 Å². The molecule has 0 rings (SSSR count). The van der Waals surface area contributed by atoms with Crippen molar-refractivity contribution in [1.29, 1.82) is 0 Å². The quantitative estimate of drug-likeness (QED) is 0.658. The molecular formula is C13H30OSi2. The first kappa shape index (κ1) is 16.4.